The summed E-state index contributed by atoms with van der Waals surface area (Å²) in [4.78, 5) is 43.2. The number of amides is 1. The maximum atomic E-state index is 11.7. The largest absolute Gasteiger partial charge is 0.478 e. The van der Waals surface area contributed by atoms with Crippen molar-refractivity contribution in [1.82, 2.24) is 5.32 Å². The van der Waals surface area contributed by atoms with Crippen molar-refractivity contribution in [2.45, 2.75) is 52.4 Å². The van der Waals surface area contributed by atoms with Gasteiger partial charge in [0.05, 0.1) is 0 Å². The van der Waals surface area contributed by atoms with E-state index in [1.165, 1.54) is 0 Å². The molecule has 11 heteroatoms. The number of oxime groups is 1. The fraction of sp³-hybridized carbons (Fsp3) is 0.667. The summed E-state index contributed by atoms with van der Waals surface area (Å²) < 4.78 is 5.09. The van der Waals surface area contributed by atoms with Gasteiger partial charge in [0.25, 0.3) is 0 Å². The van der Waals surface area contributed by atoms with Gasteiger partial charge in [-0.25, -0.2) is 14.4 Å². The molecule has 0 radical (unpaired) electrons. The van der Waals surface area contributed by atoms with Crippen LogP contribution >= 0.6 is 11.8 Å². The number of aliphatic carboxylic acids is 2. The second-order valence-electron chi connectivity index (χ2n) is 6.78. The van der Waals surface area contributed by atoms with Crippen molar-refractivity contribution < 1.29 is 34.2 Å². The molecule has 0 spiro atoms. The lowest BCUT2D eigenvalue weighted by atomic mass is 10.1. The molecule has 0 bridgehead atoms. The molecule has 146 valence electrons. The third-order valence-electron chi connectivity index (χ3n) is 2.91. The Bertz CT molecular complexity index is 625. The fourth-order valence-corrected chi connectivity index (χ4v) is 2.69. The van der Waals surface area contributed by atoms with Crippen LogP contribution in [0.5, 0.6) is 0 Å². The summed E-state index contributed by atoms with van der Waals surface area (Å²) in [6.45, 7) is 8.35. The smallest absolute Gasteiger partial charge is 0.413 e. The van der Waals surface area contributed by atoms with E-state index in [0.717, 1.165) is 11.8 Å². The van der Waals surface area contributed by atoms with Gasteiger partial charge in [-0.1, -0.05) is 30.8 Å². The van der Waals surface area contributed by atoms with E-state index >= 15 is 0 Å². The summed E-state index contributed by atoms with van der Waals surface area (Å²) in [6.07, 6.45) is -1.98. The number of rotatable bonds is 6. The number of thioether (sulfide) groups is 1. The number of carbonyl (C=O) groups excluding carboxylic acids is 1. The van der Waals surface area contributed by atoms with Gasteiger partial charge in [-0.3, -0.25) is 10.3 Å². The van der Waals surface area contributed by atoms with E-state index in [-0.39, 0.29) is 10.9 Å². The van der Waals surface area contributed by atoms with Crippen LogP contribution in [0.2, 0.25) is 0 Å². The second kappa shape index (κ2) is 8.88. The number of nitrogens with zero attached hydrogens (tertiary/aromatic N) is 2. The van der Waals surface area contributed by atoms with Crippen LogP contribution in [0, 0.1) is 5.92 Å². The third kappa shape index (κ3) is 6.90. The molecular formula is C15H23N3O7S. The van der Waals surface area contributed by atoms with Crippen molar-refractivity contribution in [3.63, 3.8) is 0 Å². The van der Waals surface area contributed by atoms with Crippen LogP contribution in [-0.4, -0.2) is 62.6 Å². The first kappa shape index (κ1) is 21.7. The van der Waals surface area contributed by atoms with E-state index in [0.29, 0.717) is 0 Å². The number of alkyl carbamates (subject to hydrolysis) is 1. The molecule has 1 aliphatic heterocycles. The van der Waals surface area contributed by atoms with Gasteiger partial charge in [0.2, 0.25) is 6.10 Å². The number of carboxylic acid groups (broad SMARTS) is 2. The fourth-order valence-electron chi connectivity index (χ4n) is 1.78. The number of carbonyl (C=O) groups is 3. The summed E-state index contributed by atoms with van der Waals surface area (Å²) in [5, 5.41) is 24.5. The van der Waals surface area contributed by atoms with Gasteiger partial charge in [-0.05, 0) is 20.8 Å². The predicted octanol–water partition coefficient (Wildman–Crippen LogP) is 1.55. The van der Waals surface area contributed by atoms with Crippen molar-refractivity contribution >= 4 is 40.7 Å². The van der Waals surface area contributed by atoms with Gasteiger partial charge in [0.1, 0.15) is 11.6 Å². The first-order valence-electron chi connectivity index (χ1n) is 7.81. The van der Waals surface area contributed by atoms with E-state index in [1.807, 2.05) is 0 Å². The topological polar surface area (TPSA) is 147 Å². The zero-order chi connectivity index (χ0) is 20.1. The number of amidine groups is 1. The highest BCUT2D eigenvalue weighted by Crippen LogP contribution is 2.19. The molecule has 1 amide bonds. The number of ether oxygens (including phenoxy) is 1. The monoisotopic (exact) mass is 389 g/mol. The molecule has 10 nitrogen and oxygen atoms in total. The Balaban J connectivity index is 2.84. The first-order chi connectivity index (χ1) is 11.9. The molecule has 0 fully saturated rings. The highest BCUT2D eigenvalue weighted by atomic mass is 32.2. The van der Waals surface area contributed by atoms with Crippen molar-refractivity contribution in [2.75, 3.05) is 5.75 Å². The highest BCUT2D eigenvalue weighted by molar-refractivity contribution is 8.14. The van der Waals surface area contributed by atoms with Gasteiger partial charge in [-0.15, -0.1) is 0 Å². The van der Waals surface area contributed by atoms with Crippen LogP contribution in [0.15, 0.2) is 10.1 Å². The average Bonchev–Trinajstić information content (AvgIpc) is 2.87. The minimum Gasteiger partial charge on any atom is -0.478 e. The molecule has 1 rings (SSSR count). The normalized spacial score (nSPS) is 18.9. The Labute approximate surface area is 155 Å². The zero-order valence-corrected chi connectivity index (χ0v) is 16.0. The number of aliphatic imine (C=N–C) groups is 1. The maximum Gasteiger partial charge on any atom is 0.413 e. The van der Waals surface area contributed by atoms with E-state index in [4.69, 9.17) is 14.7 Å². The van der Waals surface area contributed by atoms with Crippen LogP contribution < -0.4 is 5.32 Å². The van der Waals surface area contributed by atoms with Crippen LogP contribution in [-0.2, 0) is 19.2 Å². The molecule has 26 heavy (non-hydrogen) atoms. The van der Waals surface area contributed by atoms with Crippen LogP contribution in [0.3, 0.4) is 0 Å². The number of hydrogen-bond acceptors (Lipinski definition) is 8. The van der Waals surface area contributed by atoms with Crippen molar-refractivity contribution in [3.8, 4) is 0 Å². The van der Waals surface area contributed by atoms with Crippen molar-refractivity contribution in [2.24, 2.45) is 16.1 Å². The Hall–Kier alpha value is -2.30. The lowest BCUT2D eigenvalue weighted by Crippen LogP contribution is -2.35. The Morgan fingerprint density at radius 2 is 1.92 bits per heavy atom. The summed E-state index contributed by atoms with van der Waals surface area (Å²) >= 11 is 1.12. The molecule has 1 heterocycles. The minimum absolute atomic E-state index is 0.192. The van der Waals surface area contributed by atoms with Gasteiger partial charge < -0.3 is 19.8 Å². The number of hydrogen-bond donors (Lipinski definition) is 3. The van der Waals surface area contributed by atoms with E-state index in [2.05, 4.69) is 15.5 Å². The molecule has 0 aromatic carbocycles. The standard InChI is InChI=1S/C15H23N3O7S/c1-7(2)10(12(21)22)25-18-9(11(19)20)8-6-26-13(16-8)17-14(23)24-15(3,4)5/h7-8,10H,6H2,1-5H3,(H,19,20)(H,21,22)(H,16,17,23)/b18-9-/t8?,10-/m0/s1. The van der Waals surface area contributed by atoms with Crippen LogP contribution in [0.4, 0.5) is 4.79 Å². The molecule has 1 unspecified atom stereocenters. The van der Waals surface area contributed by atoms with Gasteiger partial charge in [0.15, 0.2) is 10.9 Å². The third-order valence-corrected chi connectivity index (χ3v) is 3.87. The molecular weight excluding hydrogens is 366 g/mol. The molecule has 0 aromatic rings. The van der Waals surface area contributed by atoms with E-state index in [1.54, 1.807) is 34.6 Å². The summed E-state index contributed by atoms with van der Waals surface area (Å²) in [6, 6.07) is -0.885. The molecule has 2 atom stereocenters. The molecule has 0 aliphatic carbocycles. The highest BCUT2D eigenvalue weighted by Gasteiger charge is 2.31. The Morgan fingerprint density at radius 3 is 2.38 bits per heavy atom. The lowest BCUT2D eigenvalue weighted by Gasteiger charge is -2.19. The molecule has 0 saturated heterocycles. The Kier molecular flexibility index (Phi) is 7.42. The molecule has 1 aliphatic rings. The average molecular weight is 389 g/mol. The Morgan fingerprint density at radius 1 is 1.31 bits per heavy atom. The summed E-state index contributed by atoms with van der Waals surface area (Å²) in [5.74, 6) is -2.83. The molecule has 0 saturated carbocycles. The van der Waals surface area contributed by atoms with Crippen molar-refractivity contribution in [1.29, 1.82) is 0 Å². The summed E-state index contributed by atoms with van der Waals surface area (Å²) in [7, 11) is 0. The quantitative estimate of drug-likeness (QED) is 0.458. The van der Waals surface area contributed by atoms with Gasteiger partial charge in [-0.2, -0.15) is 0 Å². The van der Waals surface area contributed by atoms with Crippen LogP contribution in [0.25, 0.3) is 0 Å². The van der Waals surface area contributed by atoms with Gasteiger partial charge in [0, 0.05) is 11.7 Å². The van der Waals surface area contributed by atoms with E-state index < -0.39 is 47.4 Å². The lowest BCUT2D eigenvalue weighted by molar-refractivity contribution is -0.153. The number of carboxylic acids is 2. The molecule has 3 N–H and O–H groups in total. The van der Waals surface area contributed by atoms with E-state index in [9.17, 15) is 19.5 Å². The van der Waals surface area contributed by atoms with Crippen molar-refractivity contribution in [3.05, 3.63) is 0 Å². The first-order valence-corrected chi connectivity index (χ1v) is 8.79. The zero-order valence-electron chi connectivity index (χ0n) is 15.2. The SMILES string of the molecule is CC(C)[C@H](O/N=C(\C(=O)O)C1CSC(NC(=O)OC(C)(C)C)=N1)C(=O)O. The number of nitrogens with one attached hydrogen (secondary N) is 1. The predicted molar refractivity (Wildman–Crippen MR) is 95.5 cm³/mol. The molecule has 0 aromatic heterocycles. The second-order valence-corrected chi connectivity index (χ2v) is 7.79. The van der Waals surface area contributed by atoms with Gasteiger partial charge >= 0.3 is 18.0 Å². The minimum atomic E-state index is -1.38. The van der Waals surface area contributed by atoms with Crippen LogP contribution in [0.1, 0.15) is 34.6 Å². The summed E-state index contributed by atoms with van der Waals surface area (Å²) in [5.41, 5.74) is -1.12. The maximum absolute atomic E-state index is 11.7.